The number of likely N-dealkylation sites (tertiary alicyclic amines) is 1. The Morgan fingerprint density at radius 2 is 1.69 bits per heavy atom. The zero-order chi connectivity index (χ0) is 11.0. The second-order valence-corrected chi connectivity index (χ2v) is 5.99. The van der Waals surface area contributed by atoms with Crippen LogP contribution in [0.3, 0.4) is 0 Å². The molecule has 0 amide bonds. The Kier molecular flexibility index (Phi) is 3.42. The van der Waals surface area contributed by atoms with E-state index in [-0.39, 0.29) is 0 Å². The molecular weight excluding hydrogens is 222 g/mol. The first-order chi connectivity index (χ1) is 7.86. The molecule has 2 nitrogen and oxygen atoms in total. The lowest BCUT2D eigenvalue weighted by Crippen LogP contribution is -2.51. The topological polar surface area (TPSA) is 12.5 Å². The number of fused-ring (bicyclic) bond motifs is 2. The van der Waals surface area contributed by atoms with Gasteiger partial charge in [0, 0.05) is 25.0 Å². The van der Waals surface area contributed by atoms with Crippen molar-refractivity contribution < 1.29 is 4.74 Å². The third-order valence-electron chi connectivity index (χ3n) is 4.61. The predicted molar refractivity (Wildman–Crippen MR) is 65.9 cm³/mol. The molecule has 4 unspecified atom stereocenters. The largest absolute Gasteiger partial charge is 0.372 e. The molecule has 16 heavy (non-hydrogen) atoms. The van der Waals surface area contributed by atoms with E-state index in [0.29, 0.717) is 12.2 Å². The molecule has 0 aromatic carbocycles. The van der Waals surface area contributed by atoms with Gasteiger partial charge in [0.15, 0.2) is 0 Å². The summed E-state index contributed by atoms with van der Waals surface area (Å²) in [5.41, 5.74) is 0. The van der Waals surface area contributed by atoms with Gasteiger partial charge in [0.1, 0.15) is 0 Å². The number of halogens is 1. The molecular formula is C13H22ClNO. The molecule has 3 rings (SSSR count). The molecule has 2 heterocycles. The minimum Gasteiger partial charge on any atom is -0.372 e. The van der Waals surface area contributed by atoms with Crippen LogP contribution in [0.5, 0.6) is 0 Å². The van der Waals surface area contributed by atoms with Gasteiger partial charge < -0.3 is 4.74 Å². The first-order valence-electron chi connectivity index (χ1n) is 6.82. The molecule has 2 aliphatic heterocycles. The molecule has 3 aliphatic rings. The number of hydrogen-bond donors (Lipinski definition) is 0. The molecule has 0 aromatic heterocycles. The lowest BCUT2D eigenvalue weighted by atomic mass is 9.84. The molecule has 0 N–H and O–H groups in total. The van der Waals surface area contributed by atoms with E-state index in [1.54, 1.807) is 0 Å². The summed E-state index contributed by atoms with van der Waals surface area (Å²) in [6, 6.07) is 0.748. The minimum absolute atomic E-state index is 0.525. The highest BCUT2D eigenvalue weighted by atomic mass is 35.5. The summed E-state index contributed by atoms with van der Waals surface area (Å²) < 4.78 is 5.91. The highest BCUT2D eigenvalue weighted by Gasteiger charge is 2.39. The van der Waals surface area contributed by atoms with E-state index in [1.807, 2.05) is 0 Å². The fraction of sp³-hybridized carbons (Fsp3) is 1.00. The van der Waals surface area contributed by atoms with Gasteiger partial charge in [-0.3, -0.25) is 4.90 Å². The minimum atomic E-state index is 0.525. The Hall–Kier alpha value is 0.210. The number of ether oxygens (including phenoxy) is 1. The maximum atomic E-state index is 6.12. The van der Waals surface area contributed by atoms with Crippen LogP contribution in [0.25, 0.3) is 0 Å². The summed E-state index contributed by atoms with van der Waals surface area (Å²) in [6.45, 7) is 2.32. The van der Waals surface area contributed by atoms with Gasteiger partial charge in [0.25, 0.3) is 0 Å². The van der Waals surface area contributed by atoms with Gasteiger partial charge >= 0.3 is 0 Å². The summed E-state index contributed by atoms with van der Waals surface area (Å²) >= 11 is 6.12. The lowest BCUT2D eigenvalue weighted by Gasteiger charge is -2.43. The third-order valence-corrected chi connectivity index (χ3v) is 5.00. The SMILES string of the molecule is ClCC1CCCCC1N1CC2CCC(C1)O2. The lowest BCUT2D eigenvalue weighted by molar-refractivity contribution is -0.0647. The molecule has 0 aromatic rings. The van der Waals surface area contributed by atoms with E-state index < -0.39 is 0 Å². The quantitative estimate of drug-likeness (QED) is 0.692. The van der Waals surface area contributed by atoms with Crippen LogP contribution in [0.1, 0.15) is 38.5 Å². The van der Waals surface area contributed by atoms with E-state index in [4.69, 9.17) is 16.3 Å². The summed E-state index contributed by atoms with van der Waals surface area (Å²) in [5, 5.41) is 0. The van der Waals surface area contributed by atoms with Crippen LogP contribution in [0.2, 0.25) is 0 Å². The molecule has 3 fully saturated rings. The highest BCUT2D eigenvalue weighted by molar-refractivity contribution is 6.18. The van der Waals surface area contributed by atoms with Crippen molar-refractivity contribution in [3.8, 4) is 0 Å². The van der Waals surface area contributed by atoms with Gasteiger partial charge in [0.05, 0.1) is 12.2 Å². The first-order valence-corrected chi connectivity index (χ1v) is 7.35. The second-order valence-electron chi connectivity index (χ2n) is 5.68. The van der Waals surface area contributed by atoms with Crippen molar-refractivity contribution >= 4 is 11.6 Å². The molecule has 0 spiro atoms. The average molecular weight is 244 g/mol. The average Bonchev–Trinajstić information content (AvgIpc) is 2.68. The summed E-state index contributed by atoms with van der Waals surface area (Å²) in [4.78, 5) is 2.69. The number of rotatable bonds is 2. The van der Waals surface area contributed by atoms with Crippen LogP contribution < -0.4 is 0 Å². The van der Waals surface area contributed by atoms with Gasteiger partial charge in [-0.05, 0) is 31.6 Å². The van der Waals surface area contributed by atoms with Crippen molar-refractivity contribution in [2.75, 3.05) is 19.0 Å². The van der Waals surface area contributed by atoms with E-state index in [2.05, 4.69) is 4.90 Å². The van der Waals surface area contributed by atoms with E-state index >= 15 is 0 Å². The fourth-order valence-electron chi connectivity index (χ4n) is 3.77. The Bertz CT molecular complexity index is 236. The van der Waals surface area contributed by atoms with Gasteiger partial charge in [0.2, 0.25) is 0 Å². The van der Waals surface area contributed by atoms with Crippen LogP contribution in [0.4, 0.5) is 0 Å². The number of hydrogen-bond acceptors (Lipinski definition) is 2. The number of alkyl halides is 1. The van der Waals surface area contributed by atoms with E-state index in [9.17, 15) is 0 Å². The Balaban J connectivity index is 1.66. The second kappa shape index (κ2) is 4.83. The molecule has 4 atom stereocenters. The molecule has 1 saturated carbocycles. The van der Waals surface area contributed by atoms with E-state index in [1.165, 1.54) is 38.5 Å². The molecule has 1 aliphatic carbocycles. The van der Waals surface area contributed by atoms with Crippen LogP contribution in [0.15, 0.2) is 0 Å². The Morgan fingerprint density at radius 1 is 1.00 bits per heavy atom. The van der Waals surface area contributed by atoms with Gasteiger partial charge in [-0.2, -0.15) is 0 Å². The Labute approximate surface area is 103 Å². The monoisotopic (exact) mass is 243 g/mol. The van der Waals surface area contributed by atoms with Crippen LogP contribution in [-0.2, 0) is 4.74 Å². The van der Waals surface area contributed by atoms with Crippen molar-refractivity contribution in [3.63, 3.8) is 0 Å². The van der Waals surface area contributed by atoms with Crippen LogP contribution in [-0.4, -0.2) is 42.1 Å². The summed E-state index contributed by atoms with van der Waals surface area (Å²) in [7, 11) is 0. The molecule has 2 bridgehead atoms. The zero-order valence-electron chi connectivity index (χ0n) is 9.91. The molecule has 3 heteroatoms. The maximum absolute atomic E-state index is 6.12. The summed E-state index contributed by atoms with van der Waals surface area (Å²) in [6.07, 6.45) is 9.07. The Morgan fingerprint density at radius 3 is 2.38 bits per heavy atom. The maximum Gasteiger partial charge on any atom is 0.0707 e. The van der Waals surface area contributed by atoms with Crippen molar-refractivity contribution in [1.29, 1.82) is 0 Å². The highest BCUT2D eigenvalue weighted by Crippen LogP contribution is 2.34. The fourth-order valence-corrected chi connectivity index (χ4v) is 4.13. The normalized spacial score (nSPS) is 44.8. The first kappa shape index (κ1) is 11.3. The van der Waals surface area contributed by atoms with Gasteiger partial charge in [-0.1, -0.05) is 12.8 Å². The summed E-state index contributed by atoms with van der Waals surface area (Å²) in [5.74, 6) is 1.57. The van der Waals surface area contributed by atoms with Gasteiger partial charge in [-0.25, -0.2) is 0 Å². The predicted octanol–water partition coefficient (Wildman–Crippen LogP) is 2.65. The third kappa shape index (κ3) is 2.12. The van der Waals surface area contributed by atoms with Crippen LogP contribution >= 0.6 is 11.6 Å². The van der Waals surface area contributed by atoms with Crippen molar-refractivity contribution in [3.05, 3.63) is 0 Å². The standard InChI is InChI=1S/C13H22ClNO/c14-7-10-3-1-2-4-13(10)15-8-11-5-6-12(9-15)16-11/h10-13H,1-9H2. The van der Waals surface area contributed by atoms with Crippen molar-refractivity contribution in [1.82, 2.24) is 4.90 Å². The molecule has 2 saturated heterocycles. The number of morpholine rings is 1. The smallest absolute Gasteiger partial charge is 0.0707 e. The number of nitrogens with zero attached hydrogens (tertiary/aromatic N) is 1. The van der Waals surface area contributed by atoms with Crippen LogP contribution in [0, 0.1) is 5.92 Å². The molecule has 92 valence electrons. The van der Waals surface area contributed by atoms with Crippen molar-refractivity contribution in [2.45, 2.75) is 56.8 Å². The van der Waals surface area contributed by atoms with Crippen molar-refractivity contribution in [2.24, 2.45) is 5.92 Å². The van der Waals surface area contributed by atoms with Gasteiger partial charge in [-0.15, -0.1) is 11.6 Å². The van der Waals surface area contributed by atoms with E-state index in [0.717, 1.165) is 30.9 Å². The molecule has 0 radical (unpaired) electrons. The zero-order valence-corrected chi connectivity index (χ0v) is 10.7.